The van der Waals surface area contributed by atoms with E-state index < -0.39 is 0 Å². The van der Waals surface area contributed by atoms with Gasteiger partial charge in [0.15, 0.2) is 5.78 Å². The zero-order valence-electron chi connectivity index (χ0n) is 7.23. The van der Waals surface area contributed by atoms with E-state index in [1.807, 2.05) is 0 Å². The zero-order chi connectivity index (χ0) is 10.0. The lowest BCUT2D eigenvalue weighted by Crippen LogP contribution is -1.98. The van der Waals surface area contributed by atoms with Gasteiger partial charge in [-0.15, -0.1) is 0 Å². The van der Waals surface area contributed by atoms with E-state index in [4.69, 9.17) is 16.3 Å². The molecular weight excluding hydrogens is 302 g/mol. The summed E-state index contributed by atoms with van der Waals surface area (Å²) >= 11 is 7.97. The minimum atomic E-state index is -0.0305. The lowest BCUT2D eigenvalue weighted by molar-refractivity contribution is 0.101. The number of ketones is 1. The second-order valence-electron chi connectivity index (χ2n) is 2.52. The van der Waals surface area contributed by atoms with Crippen LogP contribution in [0.1, 0.15) is 17.3 Å². The van der Waals surface area contributed by atoms with Gasteiger partial charge in [-0.05, 0) is 41.6 Å². The molecule has 0 spiro atoms. The number of ether oxygens (including phenoxy) is 1. The Balaban J connectivity index is 3.31. The van der Waals surface area contributed by atoms with Crippen molar-refractivity contribution in [3.8, 4) is 5.75 Å². The van der Waals surface area contributed by atoms with E-state index in [1.54, 1.807) is 19.2 Å². The lowest BCUT2D eigenvalue weighted by Gasteiger charge is -2.06. The van der Waals surface area contributed by atoms with E-state index in [9.17, 15) is 4.79 Å². The molecule has 0 atom stereocenters. The minimum Gasteiger partial charge on any atom is -0.497 e. The maximum absolute atomic E-state index is 11.2. The van der Waals surface area contributed by atoms with Crippen molar-refractivity contribution in [1.82, 2.24) is 0 Å². The number of Topliss-reactive ketones (excluding diaryl/α,β-unsaturated/α-hetero) is 1. The molecule has 0 bridgehead atoms. The monoisotopic (exact) mass is 310 g/mol. The fourth-order valence-corrected chi connectivity index (χ4v) is 2.48. The van der Waals surface area contributed by atoms with Crippen LogP contribution >= 0.6 is 34.2 Å². The molecular formula is C9H8ClIO2. The number of benzene rings is 1. The Bertz CT molecular complexity index is 326. The van der Waals surface area contributed by atoms with E-state index in [2.05, 4.69) is 22.6 Å². The van der Waals surface area contributed by atoms with Crippen molar-refractivity contribution in [2.75, 3.05) is 7.11 Å². The molecule has 0 aliphatic heterocycles. The van der Waals surface area contributed by atoms with Crippen molar-refractivity contribution in [2.24, 2.45) is 0 Å². The molecule has 0 radical (unpaired) electrons. The van der Waals surface area contributed by atoms with Crippen LogP contribution in [0.15, 0.2) is 12.1 Å². The third kappa shape index (κ3) is 2.34. The predicted octanol–water partition coefficient (Wildman–Crippen LogP) is 3.16. The van der Waals surface area contributed by atoms with Crippen LogP contribution in [0.25, 0.3) is 0 Å². The number of hydrogen-bond donors (Lipinski definition) is 0. The molecule has 0 aliphatic rings. The molecule has 4 heteroatoms. The molecule has 0 aliphatic carbocycles. The predicted molar refractivity (Wildman–Crippen MR) is 60.7 cm³/mol. The minimum absolute atomic E-state index is 0.0305. The van der Waals surface area contributed by atoms with Crippen molar-refractivity contribution < 1.29 is 9.53 Å². The topological polar surface area (TPSA) is 26.3 Å². The Labute approximate surface area is 95.4 Å². The Morgan fingerprint density at radius 2 is 2.15 bits per heavy atom. The van der Waals surface area contributed by atoms with Crippen molar-refractivity contribution in [2.45, 2.75) is 6.92 Å². The molecule has 2 nitrogen and oxygen atoms in total. The highest BCUT2D eigenvalue weighted by molar-refractivity contribution is 14.1. The number of halogens is 2. The average Bonchev–Trinajstić information content (AvgIpc) is 2.02. The van der Waals surface area contributed by atoms with Gasteiger partial charge >= 0.3 is 0 Å². The molecule has 0 saturated carbocycles. The Kier molecular flexibility index (Phi) is 3.55. The summed E-state index contributed by atoms with van der Waals surface area (Å²) in [6, 6.07) is 3.42. The molecule has 1 aromatic carbocycles. The highest BCUT2D eigenvalue weighted by atomic mass is 127. The van der Waals surface area contributed by atoms with Crippen LogP contribution in [0.5, 0.6) is 5.75 Å². The summed E-state index contributed by atoms with van der Waals surface area (Å²) in [4.78, 5) is 11.2. The summed E-state index contributed by atoms with van der Waals surface area (Å²) in [5.41, 5.74) is 0.558. The van der Waals surface area contributed by atoms with Gasteiger partial charge in [0.25, 0.3) is 0 Å². The van der Waals surface area contributed by atoms with E-state index in [-0.39, 0.29) is 5.78 Å². The maximum Gasteiger partial charge on any atom is 0.162 e. The molecule has 1 aromatic rings. The van der Waals surface area contributed by atoms with Crippen LogP contribution in [0.4, 0.5) is 0 Å². The Morgan fingerprint density at radius 1 is 1.54 bits per heavy atom. The number of carbonyl (C=O) groups is 1. The maximum atomic E-state index is 11.2. The third-order valence-corrected chi connectivity index (χ3v) is 2.75. The highest BCUT2D eigenvalue weighted by Gasteiger charge is 2.11. The molecule has 13 heavy (non-hydrogen) atoms. The summed E-state index contributed by atoms with van der Waals surface area (Å²) in [7, 11) is 1.56. The number of carbonyl (C=O) groups excluding carboxylic acids is 1. The van der Waals surface area contributed by atoms with Gasteiger partial charge in [0.05, 0.1) is 12.1 Å². The molecule has 1 rings (SSSR count). The van der Waals surface area contributed by atoms with Crippen LogP contribution in [0, 0.1) is 3.57 Å². The number of rotatable bonds is 2. The summed E-state index contributed by atoms with van der Waals surface area (Å²) < 4.78 is 5.82. The number of methoxy groups -OCH3 is 1. The van der Waals surface area contributed by atoms with Crippen molar-refractivity contribution >= 4 is 40.0 Å². The fourth-order valence-electron chi connectivity index (χ4n) is 1.00. The molecule has 0 fully saturated rings. The first-order valence-corrected chi connectivity index (χ1v) is 5.06. The van der Waals surface area contributed by atoms with Gasteiger partial charge in [-0.2, -0.15) is 0 Å². The van der Waals surface area contributed by atoms with Crippen LogP contribution in [-0.4, -0.2) is 12.9 Å². The quantitative estimate of drug-likeness (QED) is 0.619. The molecule has 0 aromatic heterocycles. The summed E-state index contributed by atoms with van der Waals surface area (Å²) in [6.45, 7) is 1.50. The summed E-state index contributed by atoms with van der Waals surface area (Å²) in [5, 5.41) is 0.441. The standard InChI is InChI=1S/C9H8ClIO2/c1-5(12)9-7(10)3-6(13-2)4-8(9)11/h3-4H,1-2H3. The third-order valence-electron chi connectivity index (χ3n) is 1.60. The summed E-state index contributed by atoms with van der Waals surface area (Å²) in [5.74, 6) is 0.636. The van der Waals surface area contributed by atoms with Crippen LogP contribution in [-0.2, 0) is 0 Å². The molecule has 0 unspecified atom stereocenters. The average molecular weight is 311 g/mol. The first-order chi connectivity index (χ1) is 6.06. The van der Waals surface area contributed by atoms with Crippen LogP contribution < -0.4 is 4.74 Å². The fraction of sp³-hybridized carbons (Fsp3) is 0.222. The molecule has 0 saturated heterocycles. The van der Waals surface area contributed by atoms with Gasteiger partial charge < -0.3 is 4.74 Å². The first-order valence-electron chi connectivity index (χ1n) is 3.60. The zero-order valence-corrected chi connectivity index (χ0v) is 10.1. The van der Waals surface area contributed by atoms with Gasteiger partial charge in [-0.25, -0.2) is 0 Å². The van der Waals surface area contributed by atoms with Crippen LogP contribution in [0.3, 0.4) is 0 Å². The second-order valence-corrected chi connectivity index (χ2v) is 4.09. The Hall–Kier alpha value is -0.290. The van der Waals surface area contributed by atoms with Gasteiger partial charge in [0.1, 0.15) is 5.75 Å². The molecule has 0 amide bonds. The second kappa shape index (κ2) is 4.28. The highest BCUT2D eigenvalue weighted by Crippen LogP contribution is 2.27. The van der Waals surface area contributed by atoms with Gasteiger partial charge in [-0.3, -0.25) is 4.79 Å². The van der Waals surface area contributed by atoms with Crippen molar-refractivity contribution in [1.29, 1.82) is 0 Å². The SMILES string of the molecule is COc1cc(Cl)c(C(C)=O)c(I)c1. The van der Waals surface area contributed by atoms with Gasteiger partial charge in [0, 0.05) is 9.13 Å². The van der Waals surface area contributed by atoms with E-state index in [0.29, 0.717) is 16.3 Å². The number of hydrogen-bond acceptors (Lipinski definition) is 2. The van der Waals surface area contributed by atoms with Gasteiger partial charge in [-0.1, -0.05) is 11.6 Å². The van der Waals surface area contributed by atoms with Crippen LogP contribution in [0.2, 0.25) is 5.02 Å². The molecule has 0 N–H and O–H groups in total. The first kappa shape index (κ1) is 10.8. The largest absolute Gasteiger partial charge is 0.497 e. The van der Waals surface area contributed by atoms with E-state index >= 15 is 0 Å². The lowest BCUT2D eigenvalue weighted by atomic mass is 10.1. The normalized spacial score (nSPS) is 9.85. The van der Waals surface area contributed by atoms with Crippen molar-refractivity contribution in [3.05, 3.63) is 26.3 Å². The molecule has 70 valence electrons. The van der Waals surface area contributed by atoms with E-state index in [0.717, 1.165) is 3.57 Å². The Morgan fingerprint density at radius 3 is 2.54 bits per heavy atom. The van der Waals surface area contributed by atoms with Gasteiger partial charge in [0.2, 0.25) is 0 Å². The van der Waals surface area contributed by atoms with E-state index in [1.165, 1.54) is 6.92 Å². The molecule has 0 heterocycles. The summed E-state index contributed by atoms with van der Waals surface area (Å²) in [6.07, 6.45) is 0. The van der Waals surface area contributed by atoms with Crippen molar-refractivity contribution in [3.63, 3.8) is 0 Å². The smallest absolute Gasteiger partial charge is 0.162 e.